The van der Waals surface area contributed by atoms with Crippen LogP contribution in [-0.2, 0) is 4.74 Å². The van der Waals surface area contributed by atoms with Crippen molar-refractivity contribution in [3.05, 3.63) is 46.2 Å². The van der Waals surface area contributed by atoms with Crippen LogP contribution in [0.15, 0.2) is 24.3 Å². The lowest BCUT2D eigenvalue weighted by molar-refractivity contribution is -0.990. The number of carbonyl (C=O) groups excluding carboxylic acids is 3. The van der Waals surface area contributed by atoms with E-state index in [1.54, 1.807) is 0 Å². The molecule has 2 aromatic rings. The smallest absolute Gasteiger partial charge is 0.346 e. The molecule has 0 aliphatic carbocycles. The van der Waals surface area contributed by atoms with Crippen molar-refractivity contribution in [1.29, 1.82) is 0 Å². The minimum absolute atomic E-state index is 0.0766. The fraction of sp³-hybridized carbons (Fsp3) is 0.0714. The Morgan fingerprint density at radius 3 is 2.19 bits per heavy atom. The van der Waals surface area contributed by atoms with E-state index in [2.05, 4.69) is 4.74 Å². The van der Waals surface area contributed by atoms with Crippen LogP contribution in [0.4, 0.5) is 5.69 Å². The number of nitrogens with one attached hydrogen (secondary N) is 1. The second-order valence-electron chi connectivity index (χ2n) is 4.61. The maximum absolute atomic E-state index is 11.8. The summed E-state index contributed by atoms with van der Waals surface area (Å²) < 4.78 is 4.59. The number of ether oxygens (including phenoxy) is 1. The van der Waals surface area contributed by atoms with Crippen molar-refractivity contribution in [3.8, 4) is 0 Å². The Kier molecular flexibility index (Phi) is 2.84. The van der Waals surface area contributed by atoms with Gasteiger partial charge in [-0.15, -0.1) is 0 Å². The normalized spacial score (nSPS) is 15.0. The number of quaternary nitrogens is 1. The molecule has 7 heteroatoms. The minimum Gasteiger partial charge on any atom is -0.595 e. The fourth-order valence-corrected chi connectivity index (χ4v) is 2.50. The Morgan fingerprint density at radius 1 is 1.10 bits per heavy atom. The Balaban J connectivity index is 2.57. The average Bonchev–Trinajstić information content (AvgIpc) is 2.43. The summed E-state index contributed by atoms with van der Waals surface area (Å²) in [7, 11) is 0. The lowest BCUT2D eigenvalue weighted by Crippen LogP contribution is -2.99. The molecule has 1 aliphatic heterocycles. The lowest BCUT2D eigenvalue weighted by atomic mass is 9.91. The van der Waals surface area contributed by atoms with Crippen LogP contribution in [0.5, 0.6) is 0 Å². The van der Waals surface area contributed by atoms with Crippen molar-refractivity contribution in [2.75, 3.05) is 0 Å². The third-order valence-corrected chi connectivity index (χ3v) is 3.40. The van der Waals surface area contributed by atoms with E-state index in [4.69, 9.17) is 0 Å². The standard InChI is InChI=1S/C14H9NO6/c1-6(16)7-2-3-8-11-9(14(18)21-13(8)17)4-5-10(12(7)11)15(19)20/h2-5,15,19H,1H3. The van der Waals surface area contributed by atoms with Gasteiger partial charge in [0.15, 0.2) is 11.5 Å². The van der Waals surface area contributed by atoms with E-state index in [1.165, 1.54) is 31.2 Å². The highest BCUT2D eigenvalue weighted by atomic mass is 16.8. The summed E-state index contributed by atoms with van der Waals surface area (Å²) in [6.07, 6.45) is 0. The minimum atomic E-state index is -1.24. The lowest BCUT2D eigenvalue weighted by Gasteiger charge is -2.20. The molecule has 0 radical (unpaired) electrons. The molecule has 1 heterocycles. The van der Waals surface area contributed by atoms with Gasteiger partial charge in [0.05, 0.1) is 16.5 Å². The molecule has 106 valence electrons. The highest BCUT2D eigenvalue weighted by Gasteiger charge is 2.31. The first-order chi connectivity index (χ1) is 9.91. The summed E-state index contributed by atoms with van der Waals surface area (Å²) in [5, 5.41) is 19.7. The number of hydrogen-bond donors (Lipinski definition) is 2. The molecular weight excluding hydrogens is 278 g/mol. The zero-order valence-corrected chi connectivity index (χ0v) is 10.8. The quantitative estimate of drug-likeness (QED) is 0.365. The van der Waals surface area contributed by atoms with Crippen LogP contribution < -0.4 is 5.23 Å². The van der Waals surface area contributed by atoms with Crippen molar-refractivity contribution in [2.45, 2.75) is 6.92 Å². The van der Waals surface area contributed by atoms with Gasteiger partial charge in [0.25, 0.3) is 0 Å². The molecule has 0 bridgehead atoms. The van der Waals surface area contributed by atoms with Crippen molar-refractivity contribution in [1.82, 2.24) is 0 Å². The van der Waals surface area contributed by atoms with Gasteiger partial charge in [-0.1, -0.05) is 0 Å². The van der Waals surface area contributed by atoms with E-state index in [0.29, 0.717) is 0 Å². The SMILES string of the molecule is CC(=O)c1ccc2c3c(ccc([NH+]([O-])O)c13)C(=O)OC2=O. The van der Waals surface area contributed by atoms with Gasteiger partial charge in [-0.3, -0.25) is 4.79 Å². The Hall–Kier alpha value is -2.61. The molecule has 7 nitrogen and oxygen atoms in total. The summed E-state index contributed by atoms with van der Waals surface area (Å²) in [5.41, 5.74) is 0.166. The van der Waals surface area contributed by atoms with Gasteiger partial charge >= 0.3 is 11.9 Å². The first-order valence-electron chi connectivity index (χ1n) is 6.02. The highest BCUT2D eigenvalue weighted by molar-refractivity contribution is 6.25. The van der Waals surface area contributed by atoms with Crippen LogP contribution >= 0.6 is 0 Å². The summed E-state index contributed by atoms with van der Waals surface area (Å²) in [6, 6.07) is 5.25. The van der Waals surface area contributed by atoms with E-state index in [9.17, 15) is 24.8 Å². The number of esters is 2. The molecule has 0 fully saturated rings. The van der Waals surface area contributed by atoms with Gasteiger partial charge in [0, 0.05) is 17.0 Å². The molecule has 0 amide bonds. The number of cyclic esters (lactones) is 2. The Morgan fingerprint density at radius 2 is 1.67 bits per heavy atom. The van der Waals surface area contributed by atoms with Crippen molar-refractivity contribution >= 4 is 34.2 Å². The first-order valence-corrected chi connectivity index (χ1v) is 6.02. The van der Waals surface area contributed by atoms with Gasteiger partial charge in [-0.05, 0) is 25.1 Å². The van der Waals surface area contributed by atoms with E-state index in [-0.39, 0.29) is 38.9 Å². The van der Waals surface area contributed by atoms with Crippen LogP contribution in [0.3, 0.4) is 0 Å². The van der Waals surface area contributed by atoms with Crippen LogP contribution in [0.1, 0.15) is 38.0 Å². The van der Waals surface area contributed by atoms with Crippen molar-refractivity contribution < 1.29 is 29.6 Å². The van der Waals surface area contributed by atoms with E-state index in [0.717, 1.165) is 0 Å². The summed E-state index contributed by atoms with van der Waals surface area (Å²) in [5.74, 6) is -2.06. The highest BCUT2D eigenvalue weighted by Crippen LogP contribution is 2.34. The van der Waals surface area contributed by atoms with E-state index >= 15 is 0 Å². The molecule has 2 aromatic carbocycles. The van der Waals surface area contributed by atoms with Crippen LogP contribution in [0.25, 0.3) is 10.8 Å². The monoisotopic (exact) mass is 287 g/mol. The summed E-state index contributed by atoms with van der Waals surface area (Å²) >= 11 is 0. The number of Topliss-reactive ketones (excluding diaryl/α,β-unsaturated/α-hetero) is 1. The van der Waals surface area contributed by atoms with Crippen molar-refractivity contribution in [3.63, 3.8) is 0 Å². The van der Waals surface area contributed by atoms with Gasteiger partial charge in [-0.2, -0.15) is 5.23 Å². The van der Waals surface area contributed by atoms with E-state index in [1.807, 2.05) is 0 Å². The molecule has 21 heavy (non-hydrogen) atoms. The fourth-order valence-electron chi connectivity index (χ4n) is 2.50. The van der Waals surface area contributed by atoms with Crippen molar-refractivity contribution in [2.24, 2.45) is 0 Å². The Bertz CT molecular complexity index is 804. The number of hydrogen-bond acceptors (Lipinski definition) is 6. The number of ketones is 1. The van der Waals surface area contributed by atoms with Gasteiger partial charge < -0.3 is 9.94 Å². The molecule has 0 saturated heterocycles. The summed E-state index contributed by atoms with van der Waals surface area (Å²) in [4.78, 5) is 35.3. The molecular formula is C14H9NO6. The van der Waals surface area contributed by atoms with Gasteiger partial charge in [0.2, 0.25) is 0 Å². The number of carbonyl (C=O) groups is 3. The molecule has 3 rings (SSSR count). The Labute approximate surface area is 117 Å². The van der Waals surface area contributed by atoms with E-state index < -0.39 is 17.2 Å². The van der Waals surface area contributed by atoms with Gasteiger partial charge in [-0.25, -0.2) is 14.8 Å². The third kappa shape index (κ3) is 1.83. The number of benzene rings is 2. The first kappa shape index (κ1) is 13.4. The maximum Gasteiger partial charge on any atom is 0.346 e. The molecule has 2 N–H and O–H groups in total. The van der Waals surface area contributed by atoms with Crippen LogP contribution in [0, 0.1) is 5.21 Å². The molecule has 1 unspecified atom stereocenters. The zero-order chi connectivity index (χ0) is 15.3. The largest absolute Gasteiger partial charge is 0.595 e. The van der Waals surface area contributed by atoms with Crippen LogP contribution in [0.2, 0.25) is 0 Å². The predicted molar refractivity (Wildman–Crippen MR) is 69.5 cm³/mol. The molecule has 0 aromatic heterocycles. The predicted octanol–water partition coefficient (Wildman–Crippen LogP) is 0.756. The number of rotatable bonds is 2. The molecule has 0 saturated carbocycles. The second kappa shape index (κ2) is 4.45. The second-order valence-corrected chi connectivity index (χ2v) is 4.61. The third-order valence-electron chi connectivity index (χ3n) is 3.40. The topological polar surface area (TPSA) is 108 Å². The zero-order valence-electron chi connectivity index (χ0n) is 10.8. The molecule has 1 atom stereocenters. The molecule has 0 spiro atoms. The average molecular weight is 287 g/mol. The summed E-state index contributed by atoms with van der Waals surface area (Å²) in [6.45, 7) is 1.29. The maximum atomic E-state index is 11.8. The molecule has 1 aliphatic rings. The van der Waals surface area contributed by atoms with Crippen LogP contribution in [-0.4, -0.2) is 22.9 Å². The van der Waals surface area contributed by atoms with Gasteiger partial charge in [0.1, 0.15) is 0 Å².